The zero-order valence-corrected chi connectivity index (χ0v) is 13.8. The molecule has 0 saturated heterocycles. The molecule has 1 N–H and O–H groups in total. The number of rotatable bonds is 7. The number of hydrogen-bond acceptors (Lipinski definition) is 2. The van der Waals surface area contributed by atoms with Crippen molar-refractivity contribution >= 4 is 0 Å². The maximum absolute atomic E-state index is 5.56. The number of ether oxygens (including phenoxy) is 1. The molecule has 1 aliphatic rings. The third-order valence-electron chi connectivity index (χ3n) is 4.41. The van der Waals surface area contributed by atoms with E-state index in [0.717, 1.165) is 25.1 Å². The summed E-state index contributed by atoms with van der Waals surface area (Å²) in [6, 6.07) is 0.768. The number of nitrogens with one attached hydrogen (secondary N) is 1. The van der Waals surface area contributed by atoms with E-state index < -0.39 is 0 Å². The molecule has 0 atom stereocenters. The first kappa shape index (κ1) is 17.0. The van der Waals surface area contributed by atoms with Gasteiger partial charge in [0.2, 0.25) is 0 Å². The maximum Gasteiger partial charge on any atom is 0.0518 e. The second-order valence-corrected chi connectivity index (χ2v) is 7.50. The molecule has 0 spiro atoms. The fourth-order valence-corrected chi connectivity index (χ4v) is 3.02. The Morgan fingerprint density at radius 1 is 1.05 bits per heavy atom. The summed E-state index contributed by atoms with van der Waals surface area (Å²) in [5, 5.41) is 3.73. The molecule has 2 nitrogen and oxygen atoms in total. The molecule has 0 bridgehead atoms. The van der Waals surface area contributed by atoms with Crippen LogP contribution >= 0.6 is 0 Å². The van der Waals surface area contributed by atoms with Gasteiger partial charge in [-0.15, -0.1) is 0 Å². The van der Waals surface area contributed by atoms with Crippen molar-refractivity contribution in [2.45, 2.75) is 85.3 Å². The van der Waals surface area contributed by atoms with E-state index in [1.165, 1.54) is 38.5 Å². The molecule has 1 saturated carbocycles. The molecular formula is C17H35NO. The van der Waals surface area contributed by atoms with Gasteiger partial charge in [-0.2, -0.15) is 0 Å². The minimum atomic E-state index is 0.376. The van der Waals surface area contributed by atoms with E-state index in [-0.39, 0.29) is 0 Å². The molecule has 0 aromatic heterocycles. The minimum absolute atomic E-state index is 0.376. The Morgan fingerprint density at radius 3 is 2.21 bits per heavy atom. The summed E-state index contributed by atoms with van der Waals surface area (Å²) in [5.41, 5.74) is 0.499. The normalized spacial score (nSPS) is 24.9. The van der Waals surface area contributed by atoms with E-state index in [9.17, 15) is 0 Å². The molecule has 114 valence electrons. The van der Waals surface area contributed by atoms with Gasteiger partial charge in [-0.25, -0.2) is 0 Å². The third kappa shape index (κ3) is 7.31. The smallest absolute Gasteiger partial charge is 0.0518 e. The van der Waals surface area contributed by atoms with Gasteiger partial charge < -0.3 is 10.1 Å². The van der Waals surface area contributed by atoms with Gasteiger partial charge in [-0.05, 0) is 70.3 Å². The lowest BCUT2D eigenvalue weighted by atomic mass is 9.71. The van der Waals surface area contributed by atoms with Crippen LogP contribution in [0.15, 0.2) is 0 Å². The van der Waals surface area contributed by atoms with Crippen molar-refractivity contribution < 1.29 is 4.74 Å². The first-order valence-corrected chi connectivity index (χ1v) is 8.24. The molecule has 0 amide bonds. The van der Waals surface area contributed by atoms with Gasteiger partial charge in [-0.3, -0.25) is 0 Å². The molecule has 0 unspecified atom stereocenters. The summed E-state index contributed by atoms with van der Waals surface area (Å²) in [7, 11) is 0. The van der Waals surface area contributed by atoms with E-state index in [2.05, 4.69) is 39.9 Å². The minimum Gasteiger partial charge on any atom is -0.379 e. The first-order valence-electron chi connectivity index (χ1n) is 8.24. The van der Waals surface area contributed by atoms with E-state index >= 15 is 0 Å². The lowest BCUT2D eigenvalue weighted by Gasteiger charge is -2.37. The Bertz CT molecular complexity index is 224. The molecule has 0 aromatic carbocycles. The van der Waals surface area contributed by atoms with Crippen molar-refractivity contribution in [3.8, 4) is 0 Å². The van der Waals surface area contributed by atoms with E-state index in [4.69, 9.17) is 4.74 Å². The fourth-order valence-electron chi connectivity index (χ4n) is 3.02. The summed E-state index contributed by atoms with van der Waals surface area (Å²) >= 11 is 0. The standard InChI is InChI=1S/C17H35NO/c1-14(2)19-13-7-6-12-18-16-10-8-15(9-11-16)17(3,4)5/h14-16,18H,6-13H2,1-5H3. The van der Waals surface area contributed by atoms with Crippen molar-refractivity contribution in [2.24, 2.45) is 11.3 Å². The topological polar surface area (TPSA) is 21.3 Å². The highest BCUT2D eigenvalue weighted by molar-refractivity contribution is 4.83. The van der Waals surface area contributed by atoms with Crippen molar-refractivity contribution in [3.63, 3.8) is 0 Å². The van der Waals surface area contributed by atoms with Crippen LogP contribution in [0, 0.1) is 11.3 Å². The fraction of sp³-hybridized carbons (Fsp3) is 1.00. The van der Waals surface area contributed by atoms with Crippen molar-refractivity contribution in [1.82, 2.24) is 5.32 Å². The summed E-state index contributed by atoms with van der Waals surface area (Å²) in [6.07, 6.45) is 8.33. The average molecular weight is 269 g/mol. The average Bonchev–Trinajstić information content (AvgIpc) is 2.32. The van der Waals surface area contributed by atoms with Crippen LogP contribution in [0.2, 0.25) is 0 Å². The van der Waals surface area contributed by atoms with Crippen molar-refractivity contribution in [2.75, 3.05) is 13.2 Å². The Kier molecular flexibility index (Phi) is 7.38. The van der Waals surface area contributed by atoms with Crippen LogP contribution in [-0.2, 0) is 4.74 Å². The van der Waals surface area contributed by atoms with Gasteiger partial charge in [0.15, 0.2) is 0 Å². The van der Waals surface area contributed by atoms with Crippen molar-refractivity contribution in [1.29, 1.82) is 0 Å². The van der Waals surface area contributed by atoms with E-state index in [1.807, 2.05) is 0 Å². The quantitative estimate of drug-likeness (QED) is 0.692. The molecule has 1 fully saturated rings. The van der Waals surface area contributed by atoms with Crippen LogP contribution in [-0.4, -0.2) is 25.3 Å². The molecule has 0 heterocycles. The van der Waals surface area contributed by atoms with Gasteiger partial charge in [0, 0.05) is 12.6 Å². The summed E-state index contributed by atoms with van der Waals surface area (Å²) < 4.78 is 5.56. The second-order valence-electron chi connectivity index (χ2n) is 7.50. The monoisotopic (exact) mass is 269 g/mol. The molecule has 1 aliphatic carbocycles. The number of hydrogen-bond donors (Lipinski definition) is 1. The first-order chi connectivity index (χ1) is 8.89. The Labute approximate surface area is 120 Å². The van der Waals surface area contributed by atoms with Crippen LogP contribution < -0.4 is 5.32 Å². The van der Waals surface area contributed by atoms with E-state index in [0.29, 0.717) is 11.5 Å². The summed E-state index contributed by atoms with van der Waals surface area (Å²) in [5.74, 6) is 0.921. The van der Waals surface area contributed by atoms with Crippen LogP contribution in [0.4, 0.5) is 0 Å². The molecule has 2 heteroatoms. The van der Waals surface area contributed by atoms with Gasteiger partial charge in [0.25, 0.3) is 0 Å². The van der Waals surface area contributed by atoms with Crippen LogP contribution in [0.25, 0.3) is 0 Å². The SMILES string of the molecule is CC(C)OCCCCNC1CCC(C(C)(C)C)CC1. The zero-order valence-electron chi connectivity index (χ0n) is 13.8. The molecule has 0 aromatic rings. The third-order valence-corrected chi connectivity index (χ3v) is 4.41. The Hall–Kier alpha value is -0.0800. The molecular weight excluding hydrogens is 234 g/mol. The van der Waals surface area contributed by atoms with Gasteiger partial charge >= 0.3 is 0 Å². The van der Waals surface area contributed by atoms with Gasteiger partial charge in [0.05, 0.1) is 6.10 Å². The highest BCUT2D eigenvalue weighted by Crippen LogP contribution is 2.37. The van der Waals surface area contributed by atoms with Crippen LogP contribution in [0.5, 0.6) is 0 Å². The molecule has 0 aliphatic heterocycles. The zero-order chi connectivity index (χ0) is 14.3. The molecule has 19 heavy (non-hydrogen) atoms. The predicted octanol–water partition coefficient (Wildman–Crippen LogP) is 4.39. The highest BCUT2D eigenvalue weighted by atomic mass is 16.5. The lowest BCUT2D eigenvalue weighted by Crippen LogP contribution is -2.36. The van der Waals surface area contributed by atoms with Gasteiger partial charge in [0.1, 0.15) is 0 Å². The Balaban J connectivity index is 2.01. The highest BCUT2D eigenvalue weighted by Gasteiger charge is 2.29. The summed E-state index contributed by atoms with van der Waals surface area (Å²) in [4.78, 5) is 0. The second kappa shape index (κ2) is 8.26. The molecule has 0 radical (unpaired) electrons. The molecule has 1 rings (SSSR count). The van der Waals surface area contributed by atoms with Crippen LogP contribution in [0.1, 0.15) is 73.1 Å². The maximum atomic E-state index is 5.56. The number of unbranched alkanes of at least 4 members (excludes halogenated alkanes) is 1. The summed E-state index contributed by atoms with van der Waals surface area (Å²) in [6.45, 7) is 13.4. The Morgan fingerprint density at radius 2 is 1.68 bits per heavy atom. The van der Waals surface area contributed by atoms with E-state index in [1.54, 1.807) is 0 Å². The lowest BCUT2D eigenvalue weighted by molar-refractivity contribution is 0.0757. The van der Waals surface area contributed by atoms with Crippen molar-refractivity contribution in [3.05, 3.63) is 0 Å². The predicted molar refractivity (Wildman–Crippen MR) is 83.5 cm³/mol. The van der Waals surface area contributed by atoms with Crippen LogP contribution in [0.3, 0.4) is 0 Å². The van der Waals surface area contributed by atoms with Gasteiger partial charge in [-0.1, -0.05) is 20.8 Å². The largest absolute Gasteiger partial charge is 0.379 e.